The predicted molar refractivity (Wildman–Crippen MR) is 72.0 cm³/mol. The molecule has 0 saturated heterocycles. The van der Waals surface area contributed by atoms with Gasteiger partial charge in [-0.05, 0) is 34.1 Å². The largest absolute Gasteiger partial charge is 0.464 e. The van der Waals surface area contributed by atoms with Gasteiger partial charge in [0.15, 0.2) is 5.69 Å². The Hall–Kier alpha value is -2.03. The Labute approximate surface area is 125 Å². The molecule has 1 heterocycles. The molecule has 0 fully saturated rings. The van der Waals surface area contributed by atoms with Crippen molar-refractivity contribution in [2.75, 3.05) is 12.8 Å². The summed E-state index contributed by atoms with van der Waals surface area (Å²) in [5, 5.41) is 0. The van der Waals surface area contributed by atoms with E-state index < -0.39 is 17.7 Å². The summed E-state index contributed by atoms with van der Waals surface area (Å²) >= 11 is 3.14. The van der Waals surface area contributed by atoms with E-state index in [9.17, 15) is 18.0 Å². The Balaban J connectivity index is 2.57. The van der Waals surface area contributed by atoms with Gasteiger partial charge in [-0.25, -0.2) is 9.78 Å². The number of anilines is 1. The van der Waals surface area contributed by atoms with E-state index in [0.717, 1.165) is 25.6 Å². The van der Waals surface area contributed by atoms with Gasteiger partial charge in [0.1, 0.15) is 12.1 Å². The second kappa shape index (κ2) is 5.40. The third-order valence-corrected chi connectivity index (χ3v) is 3.39. The van der Waals surface area contributed by atoms with E-state index in [0.29, 0.717) is 4.47 Å². The summed E-state index contributed by atoms with van der Waals surface area (Å²) in [4.78, 5) is 15.2. The fourth-order valence-electron chi connectivity index (χ4n) is 1.68. The second-order valence-electron chi connectivity index (χ2n) is 4.00. The molecule has 0 aliphatic carbocycles. The lowest BCUT2D eigenvalue weighted by Crippen LogP contribution is -2.09. The van der Waals surface area contributed by atoms with Gasteiger partial charge in [0, 0.05) is 4.47 Å². The topological polar surface area (TPSA) is 70.1 Å². The van der Waals surface area contributed by atoms with E-state index in [2.05, 4.69) is 25.7 Å². The van der Waals surface area contributed by atoms with Crippen LogP contribution in [0.3, 0.4) is 0 Å². The number of carbonyl (C=O) groups excluding carboxylic acids is 1. The normalized spacial score (nSPS) is 11.5. The molecule has 5 nitrogen and oxygen atoms in total. The zero-order chi connectivity index (χ0) is 15.8. The van der Waals surface area contributed by atoms with Crippen molar-refractivity contribution in [2.45, 2.75) is 6.18 Å². The molecule has 0 radical (unpaired) electrons. The van der Waals surface area contributed by atoms with Crippen molar-refractivity contribution in [3.8, 4) is 5.69 Å². The molecule has 0 amide bonds. The average molecular weight is 364 g/mol. The van der Waals surface area contributed by atoms with Crippen LogP contribution < -0.4 is 5.73 Å². The number of nitrogens with zero attached hydrogens (tertiary/aromatic N) is 2. The van der Waals surface area contributed by atoms with Crippen LogP contribution in [0.25, 0.3) is 5.69 Å². The number of imidazole rings is 1. The van der Waals surface area contributed by atoms with Gasteiger partial charge in [0.25, 0.3) is 0 Å². The molecule has 0 unspecified atom stereocenters. The maximum Gasteiger partial charge on any atom is 0.416 e. The van der Waals surface area contributed by atoms with E-state index in [1.807, 2.05) is 0 Å². The number of aromatic nitrogens is 2. The number of hydrogen-bond donors (Lipinski definition) is 1. The van der Waals surface area contributed by atoms with Crippen molar-refractivity contribution < 1.29 is 22.7 Å². The SMILES string of the molecule is COC(=O)c1ncn(-c2cc(C(F)(F)F)ccc2Br)c1N. The van der Waals surface area contributed by atoms with Crippen molar-refractivity contribution in [1.82, 2.24) is 9.55 Å². The Morgan fingerprint density at radius 1 is 1.43 bits per heavy atom. The zero-order valence-corrected chi connectivity index (χ0v) is 12.2. The Bertz CT molecular complexity index is 698. The number of nitrogens with two attached hydrogens (primary N) is 1. The van der Waals surface area contributed by atoms with E-state index in [1.54, 1.807) is 0 Å². The first-order chi connectivity index (χ1) is 9.75. The smallest absolute Gasteiger partial charge is 0.416 e. The van der Waals surface area contributed by atoms with Crippen molar-refractivity contribution in [3.05, 3.63) is 40.3 Å². The van der Waals surface area contributed by atoms with Gasteiger partial charge in [-0.2, -0.15) is 13.2 Å². The number of benzene rings is 1. The fourth-order valence-corrected chi connectivity index (χ4v) is 2.12. The molecule has 0 aliphatic heterocycles. The third kappa shape index (κ3) is 2.87. The van der Waals surface area contributed by atoms with Crippen LogP contribution in [0, 0.1) is 0 Å². The van der Waals surface area contributed by atoms with Gasteiger partial charge in [-0.15, -0.1) is 0 Å². The van der Waals surface area contributed by atoms with E-state index in [-0.39, 0.29) is 17.2 Å². The Kier molecular flexibility index (Phi) is 3.95. The van der Waals surface area contributed by atoms with Crippen LogP contribution in [-0.2, 0) is 10.9 Å². The standard InChI is InChI=1S/C12H9BrF3N3O2/c1-21-11(20)9-10(17)19(5-18-9)8-4-6(12(14,15)16)2-3-7(8)13/h2-5H,17H2,1H3. The van der Waals surface area contributed by atoms with E-state index in [4.69, 9.17) is 5.73 Å². The lowest BCUT2D eigenvalue weighted by molar-refractivity contribution is -0.137. The second-order valence-corrected chi connectivity index (χ2v) is 4.86. The van der Waals surface area contributed by atoms with Crippen LogP contribution in [0.5, 0.6) is 0 Å². The number of rotatable bonds is 2. The Morgan fingerprint density at radius 3 is 2.67 bits per heavy atom. The van der Waals surface area contributed by atoms with Crippen molar-refractivity contribution in [1.29, 1.82) is 0 Å². The number of methoxy groups -OCH3 is 1. The van der Waals surface area contributed by atoms with Crippen LogP contribution >= 0.6 is 15.9 Å². The van der Waals surface area contributed by atoms with Crippen LogP contribution in [0.1, 0.15) is 16.1 Å². The number of ether oxygens (including phenoxy) is 1. The summed E-state index contributed by atoms with van der Waals surface area (Å²) in [5.41, 5.74) is 4.85. The van der Waals surface area contributed by atoms with Crippen LogP contribution in [0.15, 0.2) is 29.0 Å². The molecule has 2 aromatic rings. The average Bonchev–Trinajstić information content (AvgIpc) is 2.79. The molecule has 0 saturated carbocycles. The van der Waals surface area contributed by atoms with Gasteiger partial charge >= 0.3 is 12.1 Å². The third-order valence-electron chi connectivity index (χ3n) is 2.72. The summed E-state index contributed by atoms with van der Waals surface area (Å²) < 4.78 is 44.3. The number of halogens is 4. The monoisotopic (exact) mass is 363 g/mol. The summed E-state index contributed by atoms with van der Waals surface area (Å²) in [7, 11) is 1.15. The molecule has 2 rings (SSSR count). The van der Waals surface area contributed by atoms with Gasteiger partial charge in [-0.1, -0.05) is 0 Å². The van der Waals surface area contributed by atoms with E-state index in [1.165, 1.54) is 10.6 Å². The summed E-state index contributed by atoms with van der Waals surface area (Å²) in [5.74, 6) is -0.878. The first-order valence-corrected chi connectivity index (χ1v) is 6.33. The molecule has 112 valence electrons. The maximum absolute atomic E-state index is 12.8. The van der Waals surface area contributed by atoms with Gasteiger partial charge < -0.3 is 10.5 Å². The first kappa shape index (κ1) is 15.4. The predicted octanol–water partition coefficient (Wildman–Crippen LogP) is 3.02. The maximum atomic E-state index is 12.8. The molecule has 0 bridgehead atoms. The lowest BCUT2D eigenvalue weighted by Gasteiger charge is -2.12. The highest BCUT2D eigenvalue weighted by molar-refractivity contribution is 9.10. The minimum atomic E-state index is -4.49. The summed E-state index contributed by atoms with van der Waals surface area (Å²) in [6.07, 6.45) is -3.34. The molecular formula is C12H9BrF3N3O2. The molecule has 1 aromatic carbocycles. The molecule has 9 heteroatoms. The highest BCUT2D eigenvalue weighted by atomic mass is 79.9. The first-order valence-electron chi connectivity index (χ1n) is 5.54. The van der Waals surface area contributed by atoms with Crippen molar-refractivity contribution in [2.24, 2.45) is 0 Å². The molecule has 0 aliphatic rings. The summed E-state index contributed by atoms with van der Waals surface area (Å²) in [6, 6.07) is 3.08. The Morgan fingerprint density at radius 2 is 2.10 bits per heavy atom. The molecule has 1 aromatic heterocycles. The quantitative estimate of drug-likeness (QED) is 0.832. The number of carbonyl (C=O) groups is 1. The van der Waals surface area contributed by atoms with Crippen LogP contribution in [0.4, 0.5) is 19.0 Å². The zero-order valence-electron chi connectivity index (χ0n) is 10.6. The minimum absolute atomic E-state index is 0.109. The fraction of sp³-hybridized carbons (Fsp3) is 0.167. The molecule has 0 spiro atoms. The molecule has 0 atom stereocenters. The van der Waals surface area contributed by atoms with Crippen LogP contribution in [-0.4, -0.2) is 22.6 Å². The number of esters is 1. The van der Waals surface area contributed by atoms with Gasteiger partial charge in [0.2, 0.25) is 0 Å². The number of alkyl halides is 3. The van der Waals surface area contributed by atoms with Crippen molar-refractivity contribution in [3.63, 3.8) is 0 Å². The molecule has 21 heavy (non-hydrogen) atoms. The van der Waals surface area contributed by atoms with Gasteiger partial charge in [-0.3, -0.25) is 4.57 Å². The van der Waals surface area contributed by atoms with Gasteiger partial charge in [0.05, 0.1) is 18.4 Å². The highest BCUT2D eigenvalue weighted by Crippen LogP contribution is 2.34. The molecule has 2 N–H and O–H groups in total. The van der Waals surface area contributed by atoms with Crippen molar-refractivity contribution >= 4 is 27.7 Å². The number of nitrogen functional groups attached to an aromatic ring is 1. The lowest BCUT2D eigenvalue weighted by atomic mass is 10.2. The summed E-state index contributed by atoms with van der Waals surface area (Å²) in [6.45, 7) is 0. The minimum Gasteiger partial charge on any atom is -0.464 e. The highest BCUT2D eigenvalue weighted by Gasteiger charge is 2.31. The molecular weight excluding hydrogens is 355 g/mol. The van der Waals surface area contributed by atoms with Crippen LogP contribution in [0.2, 0.25) is 0 Å². The van der Waals surface area contributed by atoms with E-state index >= 15 is 0 Å². The number of hydrogen-bond acceptors (Lipinski definition) is 4.